The molecule has 126 valence electrons. The average molecular weight is 422 g/mol. The first-order valence-corrected chi connectivity index (χ1v) is 8.22. The van der Waals surface area contributed by atoms with Gasteiger partial charge in [0.2, 0.25) is 0 Å². The summed E-state index contributed by atoms with van der Waals surface area (Å²) < 4.78 is 6.41. The molecule has 6 nitrogen and oxygen atoms in total. The van der Waals surface area contributed by atoms with Gasteiger partial charge >= 0.3 is 0 Å². The number of rotatable bonds is 4. The van der Waals surface area contributed by atoms with Gasteiger partial charge in [-0.1, -0.05) is 27.5 Å². The number of nitro benzene ring substituents is 1. The van der Waals surface area contributed by atoms with Crippen molar-refractivity contribution in [3.63, 3.8) is 0 Å². The van der Waals surface area contributed by atoms with Gasteiger partial charge in [0.25, 0.3) is 11.6 Å². The topological polar surface area (TPSA) is 85.4 Å². The molecular formula is C17H10BrClN2O4. The van der Waals surface area contributed by atoms with Crippen molar-refractivity contribution in [3.05, 3.63) is 80.0 Å². The number of anilines is 1. The maximum absolute atomic E-state index is 12.2. The second-order valence-corrected chi connectivity index (χ2v) is 6.37. The van der Waals surface area contributed by atoms with Crippen LogP contribution in [0.15, 0.2) is 63.5 Å². The van der Waals surface area contributed by atoms with Crippen molar-refractivity contribution < 1.29 is 14.1 Å². The predicted octanol–water partition coefficient (Wildman–Crippen LogP) is 5.52. The first kappa shape index (κ1) is 17.2. The van der Waals surface area contributed by atoms with E-state index in [1.54, 1.807) is 36.4 Å². The van der Waals surface area contributed by atoms with Crippen molar-refractivity contribution in [1.29, 1.82) is 0 Å². The predicted molar refractivity (Wildman–Crippen MR) is 97.9 cm³/mol. The zero-order valence-electron chi connectivity index (χ0n) is 12.5. The average Bonchev–Trinajstić information content (AvgIpc) is 3.07. The fourth-order valence-corrected chi connectivity index (χ4v) is 2.60. The van der Waals surface area contributed by atoms with Crippen LogP contribution < -0.4 is 5.32 Å². The van der Waals surface area contributed by atoms with Gasteiger partial charge in [-0.3, -0.25) is 14.9 Å². The summed E-state index contributed by atoms with van der Waals surface area (Å²) in [7, 11) is 0. The zero-order chi connectivity index (χ0) is 18.0. The van der Waals surface area contributed by atoms with Crippen LogP contribution in [0.4, 0.5) is 11.4 Å². The van der Waals surface area contributed by atoms with E-state index >= 15 is 0 Å². The Hall–Kier alpha value is -2.64. The standard InChI is InChI=1S/C17H10BrClN2O4/c18-11-2-4-12(5-3-11)20-17(22)16-8-7-15(25-16)10-1-6-13(19)14(9-10)21(23)24/h1-9H,(H,20,22). The van der Waals surface area contributed by atoms with Crippen LogP contribution in [0.1, 0.15) is 10.6 Å². The van der Waals surface area contributed by atoms with Gasteiger partial charge in [-0.25, -0.2) is 0 Å². The number of furan rings is 1. The molecule has 0 radical (unpaired) electrons. The van der Waals surface area contributed by atoms with E-state index in [2.05, 4.69) is 21.2 Å². The molecule has 0 spiro atoms. The lowest BCUT2D eigenvalue weighted by atomic mass is 10.1. The van der Waals surface area contributed by atoms with Crippen molar-refractivity contribution in [2.24, 2.45) is 0 Å². The van der Waals surface area contributed by atoms with Gasteiger partial charge < -0.3 is 9.73 Å². The first-order chi connectivity index (χ1) is 11.9. The molecule has 0 aliphatic carbocycles. The summed E-state index contributed by atoms with van der Waals surface area (Å²) in [6.45, 7) is 0. The highest BCUT2D eigenvalue weighted by atomic mass is 79.9. The fraction of sp³-hybridized carbons (Fsp3) is 0. The van der Waals surface area contributed by atoms with Gasteiger partial charge in [-0.15, -0.1) is 0 Å². The molecule has 1 amide bonds. The van der Waals surface area contributed by atoms with Crippen molar-refractivity contribution in [2.45, 2.75) is 0 Å². The van der Waals surface area contributed by atoms with Crippen LogP contribution in [0, 0.1) is 10.1 Å². The van der Waals surface area contributed by atoms with E-state index in [1.165, 1.54) is 18.2 Å². The van der Waals surface area contributed by atoms with Crippen LogP contribution in [-0.2, 0) is 0 Å². The molecule has 0 fully saturated rings. The number of nitrogens with one attached hydrogen (secondary N) is 1. The van der Waals surface area contributed by atoms with Crippen LogP contribution >= 0.6 is 27.5 Å². The Morgan fingerprint density at radius 1 is 1.12 bits per heavy atom. The maximum atomic E-state index is 12.2. The third-order valence-electron chi connectivity index (χ3n) is 3.36. The third-order valence-corrected chi connectivity index (χ3v) is 4.21. The summed E-state index contributed by atoms with van der Waals surface area (Å²) in [6.07, 6.45) is 0. The number of benzene rings is 2. The Labute approximate surface area is 155 Å². The summed E-state index contributed by atoms with van der Waals surface area (Å²) >= 11 is 9.11. The highest BCUT2D eigenvalue weighted by molar-refractivity contribution is 9.10. The van der Waals surface area contributed by atoms with Crippen molar-refractivity contribution in [3.8, 4) is 11.3 Å². The van der Waals surface area contributed by atoms with E-state index in [1.807, 2.05) is 0 Å². The van der Waals surface area contributed by atoms with Crippen LogP contribution in [0.25, 0.3) is 11.3 Å². The lowest BCUT2D eigenvalue weighted by molar-refractivity contribution is -0.384. The Morgan fingerprint density at radius 2 is 1.84 bits per heavy atom. The number of halogens is 2. The third kappa shape index (κ3) is 3.89. The largest absolute Gasteiger partial charge is 0.451 e. The maximum Gasteiger partial charge on any atom is 0.291 e. The number of nitro groups is 1. The van der Waals surface area contributed by atoms with Crippen molar-refractivity contribution in [2.75, 3.05) is 5.32 Å². The summed E-state index contributed by atoms with van der Waals surface area (Å²) in [5.74, 6) is 0.00767. The molecule has 0 saturated heterocycles. The number of amides is 1. The Balaban J connectivity index is 1.82. The minimum absolute atomic E-state index is 0.0357. The lowest BCUT2D eigenvalue weighted by Gasteiger charge is -2.03. The minimum Gasteiger partial charge on any atom is -0.451 e. The Bertz CT molecular complexity index is 954. The summed E-state index contributed by atoms with van der Waals surface area (Å²) in [6, 6.07) is 14.5. The summed E-state index contributed by atoms with van der Waals surface area (Å²) in [5, 5.41) is 13.7. The van der Waals surface area contributed by atoms with E-state index in [0.717, 1.165) is 4.47 Å². The highest BCUT2D eigenvalue weighted by Crippen LogP contribution is 2.31. The van der Waals surface area contributed by atoms with E-state index in [9.17, 15) is 14.9 Å². The van der Waals surface area contributed by atoms with Crippen LogP contribution in [0.3, 0.4) is 0 Å². The molecule has 1 heterocycles. The molecular weight excluding hydrogens is 412 g/mol. The molecule has 0 unspecified atom stereocenters. The number of hydrogen-bond donors (Lipinski definition) is 1. The minimum atomic E-state index is -0.573. The van der Waals surface area contributed by atoms with Gasteiger partial charge in [0.05, 0.1) is 4.92 Å². The number of carbonyl (C=O) groups excluding carboxylic acids is 1. The molecule has 2 aromatic carbocycles. The van der Waals surface area contributed by atoms with E-state index in [-0.39, 0.29) is 16.5 Å². The van der Waals surface area contributed by atoms with Crippen LogP contribution in [0.2, 0.25) is 5.02 Å². The van der Waals surface area contributed by atoms with Crippen LogP contribution in [0.5, 0.6) is 0 Å². The normalized spacial score (nSPS) is 10.5. The molecule has 3 rings (SSSR count). The number of hydrogen-bond acceptors (Lipinski definition) is 4. The lowest BCUT2D eigenvalue weighted by Crippen LogP contribution is -2.10. The molecule has 25 heavy (non-hydrogen) atoms. The van der Waals surface area contributed by atoms with E-state index in [0.29, 0.717) is 17.0 Å². The smallest absolute Gasteiger partial charge is 0.291 e. The molecule has 1 N–H and O–H groups in total. The summed E-state index contributed by atoms with van der Waals surface area (Å²) in [5.41, 5.74) is 0.850. The van der Waals surface area contributed by atoms with Crippen LogP contribution in [-0.4, -0.2) is 10.8 Å². The molecule has 3 aromatic rings. The number of carbonyl (C=O) groups is 1. The molecule has 0 aliphatic heterocycles. The first-order valence-electron chi connectivity index (χ1n) is 7.05. The molecule has 0 saturated carbocycles. The number of nitrogens with zero attached hydrogens (tertiary/aromatic N) is 1. The Morgan fingerprint density at radius 3 is 2.52 bits per heavy atom. The second-order valence-electron chi connectivity index (χ2n) is 5.05. The Kier molecular flexibility index (Phi) is 4.87. The van der Waals surface area contributed by atoms with Crippen molar-refractivity contribution >= 4 is 44.8 Å². The van der Waals surface area contributed by atoms with Gasteiger partial charge in [0.1, 0.15) is 10.8 Å². The van der Waals surface area contributed by atoms with Gasteiger partial charge in [-0.2, -0.15) is 0 Å². The van der Waals surface area contributed by atoms with Crippen molar-refractivity contribution in [1.82, 2.24) is 0 Å². The summed E-state index contributed by atoms with van der Waals surface area (Å²) in [4.78, 5) is 22.6. The fourth-order valence-electron chi connectivity index (χ4n) is 2.15. The van der Waals surface area contributed by atoms with Gasteiger partial charge in [0.15, 0.2) is 5.76 Å². The SMILES string of the molecule is O=C(Nc1ccc(Br)cc1)c1ccc(-c2ccc(Cl)c([N+](=O)[O-])c2)o1. The van der Waals surface area contributed by atoms with Gasteiger partial charge in [-0.05, 0) is 48.5 Å². The molecule has 0 bridgehead atoms. The monoisotopic (exact) mass is 420 g/mol. The highest BCUT2D eigenvalue weighted by Gasteiger charge is 2.17. The quantitative estimate of drug-likeness (QED) is 0.444. The molecule has 1 aromatic heterocycles. The van der Waals surface area contributed by atoms with E-state index in [4.69, 9.17) is 16.0 Å². The molecule has 8 heteroatoms. The zero-order valence-corrected chi connectivity index (χ0v) is 14.9. The van der Waals surface area contributed by atoms with E-state index < -0.39 is 10.8 Å². The molecule has 0 aliphatic rings. The van der Waals surface area contributed by atoms with Gasteiger partial charge in [0, 0.05) is 21.8 Å². The second kappa shape index (κ2) is 7.08. The molecule has 0 atom stereocenters.